The lowest BCUT2D eigenvalue weighted by Gasteiger charge is -2.40. The van der Waals surface area contributed by atoms with Gasteiger partial charge in [0.1, 0.15) is 5.76 Å². The molecule has 1 fully saturated rings. The zero-order valence-corrected chi connectivity index (χ0v) is 18.4. The molecule has 1 heterocycles. The molecular formula is C23H33NO6. The number of nitrogens with zero attached hydrogens (tertiary/aromatic N) is 1. The van der Waals surface area contributed by atoms with E-state index in [4.69, 9.17) is 23.7 Å². The lowest BCUT2D eigenvalue weighted by molar-refractivity contribution is -0.141. The first kappa shape index (κ1) is 22.6. The van der Waals surface area contributed by atoms with Crippen molar-refractivity contribution < 1.29 is 28.5 Å². The molecule has 166 valence electrons. The van der Waals surface area contributed by atoms with Crippen LogP contribution >= 0.6 is 0 Å². The van der Waals surface area contributed by atoms with E-state index in [2.05, 4.69) is 30.2 Å². The second kappa shape index (κ2) is 10.3. The highest BCUT2D eigenvalue weighted by Gasteiger charge is 2.48. The second-order valence-corrected chi connectivity index (χ2v) is 7.86. The van der Waals surface area contributed by atoms with Gasteiger partial charge in [0.15, 0.2) is 11.5 Å². The van der Waals surface area contributed by atoms with Crippen molar-refractivity contribution in [2.45, 2.75) is 37.1 Å². The first-order valence-corrected chi connectivity index (χ1v) is 10.4. The first-order valence-electron chi connectivity index (χ1n) is 10.4. The highest BCUT2D eigenvalue weighted by Crippen LogP contribution is 2.49. The van der Waals surface area contributed by atoms with Gasteiger partial charge < -0.3 is 23.7 Å². The van der Waals surface area contributed by atoms with Gasteiger partial charge in [-0.25, -0.2) is 0 Å². The van der Waals surface area contributed by atoms with Gasteiger partial charge in [-0.05, 0) is 50.2 Å². The minimum Gasteiger partial charge on any atom is -0.493 e. The van der Waals surface area contributed by atoms with E-state index in [0.717, 1.165) is 43.1 Å². The van der Waals surface area contributed by atoms with E-state index < -0.39 is 0 Å². The number of hydrogen-bond acceptors (Lipinski definition) is 7. The largest absolute Gasteiger partial charge is 0.493 e. The van der Waals surface area contributed by atoms with Crippen molar-refractivity contribution in [1.82, 2.24) is 4.90 Å². The third kappa shape index (κ3) is 4.79. The van der Waals surface area contributed by atoms with E-state index in [1.165, 1.54) is 5.56 Å². The average molecular weight is 420 g/mol. The molecule has 2 atom stereocenters. The predicted octanol–water partition coefficient (Wildman–Crippen LogP) is 2.92. The van der Waals surface area contributed by atoms with Gasteiger partial charge in [-0.2, -0.15) is 0 Å². The Bertz CT molecular complexity index is 764. The zero-order chi connectivity index (χ0) is 21.6. The van der Waals surface area contributed by atoms with Crippen LogP contribution in [0, 0.1) is 0 Å². The summed E-state index contributed by atoms with van der Waals surface area (Å²) in [6.45, 7) is 2.33. The van der Waals surface area contributed by atoms with Gasteiger partial charge in [-0.3, -0.25) is 9.69 Å². The van der Waals surface area contributed by atoms with Gasteiger partial charge in [0, 0.05) is 25.0 Å². The fourth-order valence-electron chi connectivity index (χ4n) is 4.54. The monoisotopic (exact) mass is 419 g/mol. The first-order chi connectivity index (χ1) is 14.5. The van der Waals surface area contributed by atoms with Crippen LogP contribution in [0.3, 0.4) is 0 Å². The van der Waals surface area contributed by atoms with Gasteiger partial charge in [0.25, 0.3) is 0 Å². The van der Waals surface area contributed by atoms with Gasteiger partial charge >= 0.3 is 5.97 Å². The minimum atomic E-state index is -0.252. The predicted molar refractivity (Wildman–Crippen MR) is 113 cm³/mol. The lowest BCUT2D eigenvalue weighted by Crippen LogP contribution is -2.42. The van der Waals surface area contributed by atoms with Crippen molar-refractivity contribution in [3.63, 3.8) is 0 Å². The van der Waals surface area contributed by atoms with Crippen molar-refractivity contribution in [3.05, 3.63) is 35.6 Å². The van der Waals surface area contributed by atoms with Crippen LogP contribution in [0.4, 0.5) is 0 Å². The fraction of sp³-hybridized carbons (Fsp3) is 0.609. The van der Waals surface area contributed by atoms with Crippen molar-refractivity contribution in [2.24, 2.45) is 0 Å². The van der Waals surface area contributed by atoms with E-state index in [1.807, 2.05) is 6.07 Å². The Balaban J connectivity index is 1.71. The molecule has 30 heavy (non-hydrogen) atoms. The molecule has 0 aromatic heterocycles. The van der Waals surface area contributed by atoms with Gasteiger partial charge in [0.05, 0.1) is 40.5 Å². The molecule has 0 amide bonds. The number of likely N-dealkylation sites (tertiary alicyclic amines) is 1. The molecule has 7 heteroatoms. The van der Waals surface area contributed by atoms with Crippen LogP contribution in [0.5, 0.6) is 11.5 Å². The quantitative estimate of drug-likeness (QED) is 0.427. The number of esters is 1. The van der Waals surface area contributed by atoms with Gasteiger partial charge in [-0.15, -0.1) is 0 Å². The molecule has 1 aromatic carbocycles. The van der Waals surface area contributed by atoms with Crippen LogP contribution < -0.4 is 9.47 Å². The lowest BCUT2D eigenvalue weighted by atomic mass is 9.68. The second-order valence-electron chi connectivity index (χ2n) is 7.86. The average Bonchev–Trinajstić information content (AvgIpc) is 3.10. The molecule has 2 aliphatic rings. The summed E-state index contributed by atoms with van der Waals surface area (Å²) in [6, 6.07) is 6.37. The summed E-state index contributed by atoms with van der Waals surface area (Å²) in [5.41, 5.74) is 1.22. The SMILES string of the molecule is COCCOCCC(=O)OC1=C[C@@H]2N(C)CC[C@]2(c2ccc(OC)c(OC)c2)CC1. The fourth-order valence-corrected chi connectivity index (χ4v) is 4.54. The highest BCUT2D eigenvalue weighted by atomic mass is 16.5. The summed E-state index contributed by atoms with van der Waals surface area (Å²) in [5, 5.41) is 0. The van der Waals surface area contributed by atoms with E-state index in [0.29, 0.717) is 19.8 Å². The molecule has 0 N–H and O–H groups in total. The molecule has 0 radical (unpaired) electrons. The molecule has 1 saturated heterocycles. The minimum absolute atomic E-state index is 0.0204. The number of carbonyl (C=O) groups is 1. The van der Waals surface area contributed by atoms with E-state index in [1.54, 1.807) is 21.3 Å². The maximum Gasteiger partial charge on any atom is 0.313 e. The van der Waals surface area contributed by atoms with Crippen molar-refractivity contribution in [3.8, 4) is 11.5 Å². The van der Waals surface area contributed by atoms with Crippen LogP contribution in [0.15, 0.2) is 30.0 Å². The summed E-state index contributed by atoms with van der Waals surface area (Å²) >= 11 is 0. The van der Waals surface area contributed by atoms with E-state index in [9.17, 15) is 4.79 Å². The maximum atomic E-state index is 12.2. The number of rotatable bonds is 10. The summed E-state index contributed by atoms with van der Waals surface area (Å²) in [4.78, 5) is 14.5. The van der Waals surface area contributed by atoms with Gasteiger partial charge in [-0.1, -0.05) is 6.07 Å². The Kier molecular flexibility index (Phi) is 7.75. The molecule has 0 bridgehead atoms. The number of fused-ring (bicyclic) bond motifs is 1. The summed E-state index contributed by atoms with van der Waals surface area (Å²) in [5.74, 6) is 1.98. The number of allylic oxidation sites excluding steroid dienone is 1. The third-order valence-corrected chi connectivity index (χ3v) is 6.20. The molecule has 0 saturated carbocycles. The highest BCUT2D eigenvalue weighted by molar-refractivity contribution is 5.70. The maximum absolute atomic E-state index is 12.2. The summed E-state index contributed by atoms with van der Waals surface area (Å²) in [7, 11) is 7.05. The van der Waals surface area contributed by atoms with E-state index >= 15 is 0 Å². The number of ether oxygens (including phenoxy) is 5. The van der Waals surface area contributed by atoms with Gasteiger partial charge in [0.2, 0.25) is 0 Å². The molecule has 3 rings (SSSR count). The molecule has 1 aromatic rings. The van der Waals surface area contributed by atoms with Crippen LogP contribution in [-0.2, 0) is 24.4 Å². The number of benzene rings is 1. The smallest absolute Gasteiger partial charge is 0.313 e. The van der Waals surface area contributed by atoms with Crippen LogP contribution in [0.2, 0.25) is 0 Å². The standard InChI is InChI=1S/C23H33NO6/c1-24-11-10-23(17-5-6-19(27-3)20(15-17)28-4)9-7-18(16-21(23)24)30-22(25)8-12-29-14-13-26-2/h5-6,15-16,21H,7-14H2,1-4H3/t21-,23-/m0/s1. The van der Waals surface area contributed by atoms with Crippen molar-refractivity contribution >= 4 is 5.97 Å². The summed E-state index contributed by atoms with van der Waals surface area (Å²) < 4.78 is 26.9. The summed E-state index contributed by atoms with van der Waals surface area (Å²) in [6.07, 6.45) is 5.06. The number of methoxy groups -OCH3 is 3. The normalized spacial score (nSPS) is 23.6. The number of carbonyl (C=O) groups excluding carboxylic acids is 1. The Labute approximate surface area is 178 Å². The Hall–Kier alpha value is -2.09. The van der Waals surface area contributed by atoms with Crippen LogP contribution in [0.1, 0.15) is 31.2 Å². The zero-order valence-electron chi connectivity index (χ0n) is 18.4. The Morgan fingerprint density at radius 2 is 1.90 bits per heavy atom. The van der Waals surface area contributed by atoms with Crippen LogP contribution in [0.25, 0.3) is 0 Å². The Morgan fingerprint density at radius 1 is 1.10 bits per heavy atom. The number of likely N-dealkylation sites (N-methyl/N-ethyl adjacent to an activating group) is 1. The van der Waals surface area contributed by atoms with Crippen molar-refractivity contribution in [2.75, 3.05) is 54.7 Å². The van der Waals surface area contributed by atoms with Crippen LogP contribution in [-0.4, -0.2) is 71.7 Å². The molecule has 1 aliphatic carbocycles. The Morgan fingerprint density at radius 3 is 2.63 bits per heavy atom. The molecule has 1 aliphatic heterocycles. The molecule has 7 nitrogen and oxygen atoms in total. The molecule has 0 unspecified atom stereocenters. The molecular weight excluding hydrogens is 386 g/mol. The number of hydrogen-bond donors (Lipinski definition) is 0. The third-order valence-electron chi connectivity index (χ3n) is 6.20. The topological polar surface area (TPSA) is 66.5 Å². The van der Waals surface area contributed by atoms with Crippen molar-refractivity contribution in [1.29, 1.82) is 0 Å². The molecule has 0 spiro atoms. The van der Waals surface area contributed by atoms with E-state index in [-0.39, 0.29) is 23.8 Å².